The summed E-state index contributed by atoms with van der Waals surface area (Å²) in [7, 11) is 0. The standard InChI is InChI=1S/C30H35N3O3/c1-20-10-14-22(15-11-20)27-28(23-16-12-21(2)13-17-23)32-29-24(31-27)19-25(30(3,4)36)33(29)18-8-6-5-7-9-26(34)35/h10-17,19,36H,5-9,18H2,1-4H3,(H,34,35). The SMILES string of the molecule is Cc1ccc(-c2nc3cc(C(C)(C)O)n(CCCCCCC(=O)O)c3nc2-c2ccc(C)cc2)cc1. The summed E-state index contributed by atoms with van der Waals surface area (Å²) in [4.78, 5) is 21.0. The van der Waals surface area contributed by atoms with Crippen molar-refractivity contribution in [2.75, 3.05) is 0 Å². The van der Waals surface area contributed by atoms with Gasteiger partial charge in [-0.05, 0) is 46.6 Å². The van der Waals surface area contributed by atoms with Crippen molar-refractivity contribution in [1.82, 2.24) is 14.5 Å². The largest absolute Gasteiger partial charge is 0.481 e. The maximum atomic E-state index is 11.0. The van der Waals surface area contributed by atoms with Crippen LogP contribution in [-0.2, 0) is 16.9 Å². The Morgan fingerprint density at radius 2 is 1.36 bits per heavy atom. The van der Waals surface area contributed by atoms with Crippen LogP contribution in [0.15, 0.2) is 54.6 Å². The Hall–Kier alpha value is -3.51. The molecule has 0 fully saturated rings. The predicted molar refractivity (Wildman–Crippen MR) is 144 cm³/mol. The fraction of sp³-hybridized carbons (Fsp3) is 0.367. The summed E-state index contributed by atoms with van der Waals surface area (Å²) in [5.41, 5.74) is 7.23. The molecule has 0 unspecified atom stereocenters. The van der Waals surface area contributed by atoms with Gasteiger partial charge in [-0.3, -0.25) is 4.79 Å². The number of benzene rings is 2. The van der Waals surface area contributed by atoms with E-state index >= 15 is 0 Å². The van der Waals surface area contributed by atoms with Crippen LogP contribution in [0.5, 0.6) is 0 Å². The third-order valence-electron chi connectivity index (χ3n) is 6.52. The van der Waals surface area contributed by atoms with Crippen molar-refractivity contribution < 1.29 is 15.0 Å². The molecule has 188 valence electrons. The minimum absolute atomic E-state index is 0.203. The smallest absolute Gasteiger partial charge is 0.303 e. The van der Waals surface area contributed by atoms with Crippen molar-refractivity contribution in [1.29, 1.82) is 0 Å². The first-order valence-corrected chi connectivity index (χ1v) is 12.6. The lowest BCUT2D eigenvalue weighted by Crippen LogP contribution is -2.21. The molecule has 4 rings (SSSR count). The zero-order valence-electron chi connectivity index (χ0n) is 21.6. The van der Waals surface area contributed by atoms with E-state index in [1.165, 1.54) is 11.1 Å². The lowest BCUT2D eigenvalue weighted by Gasteiger charge is -2.20. The summed E-state index contributed by atoms with van der Waals surface area (Å²) in [5, 5.41) is 19.8. The summed E-state index contributed by atoms with van der Waals surface area (Å²) in [5.74, 6) is -0.751. The molecule has 0 atom stereocenters. The fourth-order valence-electron chi connectivity index (χ4n) is 4.51. The maximum Gasteiger partial charge on any atom is 0.303 e. The van der Waals surface area contributed by atoms with Gasteiger partial charge >= 0.3 is 5.97 Å². The van der Waals surface area contributed by atoms with Crippen LogP contribution in [-0.4, -0.2) is 30.7 Å². The van der Waals surface area contributed by atoms with E-state index in [-0.39, 0.29) is 6.42 Å². The van der Waals surface area contributed by atoms with Gasteiger partial charge in [-0.15, -0.1) is 0 Å². The van der Waals surface area contributed by atoms with Crippen molar-refractivity contribution in [3.63, 3.8) is 0 Å². The highest BCUT2D eigenvalue weighted by atomic mass is 16.4. The van der Waals surface area contributed by atoms with Crippen molar-refractivity contribution in [2.24, 2.45) is 0 Å². The Morgan fingerprint density at radius 1 is 0.833 bits per heavy atom. The highest BCUT2D eigenvalue weighted by molar-refractivity contribution is 5.86. The molecule has 2 aromatic heterocycles. The number of aliphatic carboxylic acids is 1. The second-order valence-electron chi connectivity index (χ2n) is 10.2. The molecule has 2 aromatic carbocycles. The Bertz CT molecular complexity index is 1350. The second-order valence-corrected chi connectivity index (χ2v) is 10.2. The highest BCUT2D eigenvalue weighted by Gasteiger charge is 2.25. The molecule has 0 amide bonds. The number of unbranched alkanes of at least 4 members (excludes halogenated alkanes) is 3. The number of hydrogen-bond acceptors (Lipinski definition) is 4. The van der Waals surface area contributed by atoms with Gasteiger partial charge in [0, 0.05) is 24.1 Å². The third kappa shape index (κ3) is 5.82. The highest BCUT2D eigenvalue weighted by Crippen LogP contribution is 2.34. The van der Waals surface area contributed by atoms with Crippen LogP contribution < -0.4 is 0 Å². The first-order valence-electron chi connectivity index (χ1n) is 12.6. The monoisotopic (exact) mass is 485 g/mol. The van der Waals surface area contributed by atoms with Crippen LogP contribution in [0.25, 0.3) is 33.7 Å². The minimum Gasteiger partial charge on any atom is -0.481 e. The van der Waals surface area contributed by atoms with Crippen LogP contribution in [0, 0.1) is 13.8 Å². The van der Waals surface area contributed by atoms with Crippen LogP contribution in [0.3, 0.4) is 0 Å². The number of aryl methyl sites for hydroxylation is 3. The van der Waals surface area contributed by atoms with Gasteiger partial charge in [0.2, 0.25) is 0 Å². The predicted octanol–water partition coefficient (Wildman–Crippen LogP) is 6.64. The second kappa shape index (κ2) is 10.6. The lowest BCUT2D eigenvalue weighted by molar-refractivity contribution is -0.137. The van der Waals surface area contributed by atoms with Gasteiger partial charge in [0.15, 0.2) is 5.65 Å². The van der Waals surface area contributed by atoms with Crippen LogP contribution in [0.2, 0.25) is 0 Å². The maximum absolute atomic E-state index is 11.0. The molecule has 36 heavy (non-hydrogen) atoms. The number of nitrogens with zero attached hydrogens (tertiary/aromatic N) is 3. The Morgan fingerprint density at radius 3 is 1.89 bits per heavy atom. The van der Waals surface area contributed by atoms with Gasteiger partial charge in [-0.2, -0.15) is 0 Å². The van der Waals surface area contributed by atoms with Crippen molar-refractivity contribution in [3.05, 3.63) is 71.4 Å². The average molecular weight is 486 g/mol. The molecule has 0 radical (unpaired) electrons. The van der Waals surface area contributed by atoms with E-state index in [1.807, 2.05) is 6.07 Å². The topological polar surface area (TPSA) is 88.2 Å². The van der Waals surface area contributed by atoms with E-state index in [2.05, 4.69) is 66.9 Å². The zero-order valence-corrected chi connectivity index (χ0v) is 21.6. The summed E-state index contributed by atoms with van der Waals surface area (Å²) in [6.45, 7) is 8.38. The van der Waals surface area contributed by atoms with Crippen LogP contribution >= 0.6 is 0 Å². The summed E-state index contributed by atoms with van der Waals surface area (Å²) in [6.07, 6.45) is 3.53. The molecular formula is C30H35N3O3. The molecule has 6 heteroatoms. The number of carbonyl (C=O) groups is 1. The minimum atomic E-state index is -1.06. The molecule has 2 heterocycles. The van der Waals surface area contributed by atoms with Gasteiger partial charge in [0.25, 0.3) is 0 Å². The summed E-state index contributed by atoms with van der Waals surface area (Å²) < 4.78 is 2.08. The Labute approximate surface area is 212 Å². The molecule has 0 bridgehead atoms. The van der Waals surface area contributed by atoms with Gasteiger partial charge in [-0.25, -0.2) is 9.97 Å². The Balaban J connectivity index is 1.80. The fourth-order valence-corrected chi connectivity index (χ4v) is 4.51. The van der Waals surface area contributed by atoms with Gasteiger partial charge in [0.1, 0.15) is 5.52 Å². The molecule has 0 aliphatic carbocycles. The first-order chi connectivity index (χ1) is 17.1. The van der Waals surface area contributed by atoms with Crippen LogP contribution in [0.1, 0.15) is 62.8 Å². The van der Waals surface area contributed by atoms with E-state index in [4.69, 9.17) is 15.1 Å². The average Bonchev–Trinajstić information content (AvgIpc) is 3.19. The summed E-state index contributed by atoms with van der Waals surface area (Å²) in [6, 6.07) is 18.6. The number of rotatable bonds is 10. The van der Waals surface area contributed by atoms with E-state index < -0.39 is 11.6 Å². The van der Waals surface area contributed by atoms with Crippen molar-refractivity contribution in [3.8, 4) is 22.5 Å². The molecule has 0 saturated heterocycles. The number of carboxylic acid groups (broad SMARTS) is 1. The molecule has 0 spiro atoms. The van der Waals surface area contributed by atoms with Crippen molar-refractivity contribution >= 4 is 17.1 Å². The van der Waals surface area contributed by atoms with E-state index in [0.717, 1.165) is 58.6 Å². The number of carboxylic acids is 1. The van der Waals surface area contributed by atoms with E-state index in [0.29, 0.717) is 13.0 Å². The van der Waals surface area contributed by atoms with Crippen LogP contribution in [0.4, 0.5) is 0 Å². The van der Waals surface area contributed by atoms with Gasteiger partial charge < -0.3 is 14.8 Å². The number of hydrogen-bond donors (Lipinski definition) is 2. The molecule has 0 saturated carbocycles. The number of aromatic nitrogens is 3. The normalized spacial score (nSPS) is 11.8. The lowest BCUT2D eigenvalue weighted by atomic mass is 10.0. The zero-order chi connectivity index (χ0) is 25.9. The molecular weight excluding hydrogens is 450 g/mol. The first kappa shape index (κ1) is 25.6. The Kier molecular flexibility index (Phi) is 7.55. The molecule has 0 aliphatic heterocycles. The van der Waals surface area contributed by atoms with E-state index in [9.17, 15) is 9.90 Å². The van der Waals surface area contributed by atoms with Gasteiger partial charge in [0.05, 0.1) is 22.7 Å². The molecule has 0 aliphatic rings. The third-order valence-corrected chi connectivity index (χ3v) is 6.52. The van der Waals surface area contributed by atoms with Gasteiger partial charge in [-0.1, -0.05) is 72.5 Å². The molecule has 4 aromatic rings. The summed E-state index contributed by atoms with van der Waals surface area (Å²) >= 11 is 0. The molecule has 2 N–H and O–H groups in total. The quantitative estimate of drug-likeness (QED) is 0.246. The van der Waals surface area contributed by atoms with E-state index in [1.54, 1.807) is 13.8 Å². The molecule has 6 nitrogen and oxygen atoms in total. The number of fused-ring (bicyclic) bond motifs is 1. The number of aliphatic hydroxyl groups is 1. The van der Waals surface area contributed by atoms with Crippen molar-refractivity contribution in [2.45, 2.75) is 71.9 Å².